The van der Waals surface area contributed by atoms with E-state index in [2.05, 4.69) is 27.1 Å². The van der Waals surface area contributed by atoms with E-state index in [-0.39, 0.29) is 24.0 Å². The molecule has 1 atom stereocenters. The van der Waals surface area contributed by atoms with Crippen molar-refractivity contribution in [2.45, 2.75) is 38.6 Å². The lowest BCUT2D eigenvalue weighted by Crippen LogP contribution is -2.41. The van der Waals surface area contributed by atoms with Crippen LogP contribution in [0.4, 0.5) is 0 Å². The number of halogens is 1. The lowest BCUT2D eigenvalue weighted by molar-refractivity contribution is -0.128. The number of hydrogen-bond acceptors (Lipinski definition) is 3. The van der Waals surface area contributed by atoms with Gasteiger partial charge in [-0.15, -0.1) is 24.0 Å². The maximum Gasteiger partial charge on any atom is 0.223 e. The fourth-order valence-electron chi connectivity index (χ4n) is 3.07. The van der Waals surface area contributed by atoms with E-state index in [4.69, 9.17) is 4.42 Å². The maximum atomic E-state index is 12.1. The Bertz CT molecular complexity index is 625. The molecule has 0 spiro atoms. The average molecular weight is 472 g/mol. The van der Waals surface area contributed by atoms with Crippen LogP contribution in [0.5, 0.6) is 0 Å². The molecular formula is C19H29IN4O2. The van der Waals surface area contributed by atoms with E-state index in [9.17, 15) is 4.79 Å². The molecule has 1 aliphatic carbocycles. The van der Waals surface area contributed by atoms with E-state index in [1.54, 1.807) is 6.26 Å². The Morgan fingerprint density at radius 3 is 2.88 bits per heavy atom. The van der Waals surface area contributed by atoms with Crippen LogP contribution in [0.2, 0.25) is 0 Å². The molecule has 0 radical (unpaired) electrons. The number of carbonyl (C=O) groups excluding carboxylic acids is 1. The Morgan fingerprint density at radius 1 is 1.42 bits per heavy atom. The molecule has 6 nitrogen and oxygen atoms in total. The predicted molar refractivity (Wildman–Crippen MR) is 114 cm³/mol. The van der Waals surface area contributed by atoms with E-state index < -0.39 is 0 Å². The van der Waals surface area contributed by atoms with E-state index in [1.165, 1.54) is 12.8 Å². The Morgan fingerprint density at radius 2 is 2.23 bits per heavy atom. The van der Waals surface area contributed by atoms with Gasteiger partial charge in [0.05, 0.1) is 12.8 Å². The number of nitrogens with one attached hydrogen (secondary N) is 2. The van der Waals surface area contributed by atoms with Crippen LogP contribution in [0.1, 0.15) is 31.9 Å². The first kappa shape index (κ1) is 20.8. The van der Waals surface area contributed by atoms with Gasteiger partial charge >= 0.3 is 0 Å². The number of guanidine groups is 1. The van der Waals surface area contributed by atoms with Crippen LogP contribution in [0.3, 0.4) is 0 Å². The molecule has 144 valence electrons. The molecule has 0 aromatic carbocycles. The van der Waals surface area contributed by atoms with Gasteiger partial charge < -0.3 is 20.0 Å². The third-order valence-electron chi connectivity index (χ3n) is 4.54. The fraction of sp³-hybridized carbons (Fsp3) is 0.579. The largest absolute Gasteiger partial charge is 0.469 e. The molecule has 1 unspecified atom stereocenters. The van der Waals surface area contributed by atoms with Crippen molar-refractivity contribution < 1.29 is 9.21 Å². The second-order valence-corrected chi connectivity index (χ2v) is 7.11. The van der Waals surface area contributed by atoms with Crippen molar-refractivity contribution in [1.82, 2.24) is 15.5 Å². The lowest BCUT2D eigenvalue weighted by atomic mass is 10.1. The molecule has 1 aromatic rings. The van der Waals surface area contributed by atoms with Crippen LogP contribution >= 0.6 is 24.0 Å². The molecular weight excluding hydrogens is 443 g/mol. The minimum Gasteiger partial charge on any atom is -0.469 e. The Labute approximate surface area is 172 Å². The molecule has 1 amide bonds. The maximum absolute atomic E-state index is 12.1. The third-order valence-corrected chi connectivity index (χ3v) is 4.54. The highest BCUT2D eigenvalue weighted by atomic mass is 127. The zero-order valence-corrected chi connectivity index (χ0v) is 17.7. The molecule has 7 heteroatoms. The Kier molecular flexibility index (Phi) is 7.99. The predicted octanol–water partition coefficient (Wildman–Crippen LogP) is 2.56. The number of aliphatic imine (C=N–C) groups is 1. The lowest BCUT2D eigenvalue weighted by Gasteiger charge is -2.17. The van der Waals surface area contributed by atoms with E-state index in [0.717, 1.165) is 43.3 Å². The summed E-state index contributed by atoms with van der Waals surface area (Å²) in [5.74, 6) is 2.38. The van der Waals surface area contributed by atoms with Crippen molar-refractivity contribution in [3.8, 4) is 0 Å². The summed E-state index contributed by atoms with van der Waals surface area (Å²) in [5, 5.41) is 6.72. The van der Waals surface area contributed by atoms with E-state index >= 15 is 0 Å². The molecule has 1 saturated carbocycles. The second-order valence-electron chi connectivity index (χ2n) is 7.11. The van der Waals surface area contributed by atoms with Crippen LogP contribution in [0.25, 0.3) is 0 Å². The quantitative estimate of drug-likeness (QED) is 0.264. The summed E-state index contributed by atoms with van der Waals surface area (Å²) in [5.41, 5.74) is 1.02. The van der Waals surface area contributed by atoms with Crippen molar-refractivity contribution in [3.63, 3.8) is 0 Å². The van der Waals surface area contributed by atoms with Crippen LogP contribution in [-0.4, -0.2) is 49.0 Å². The fourth-order valence-corrected chi connectivity index (χ4v) is 3.07. The summed E-state index contributed by atoms with van der Waals surface area (Å²) >= 11 is 0. The van der Waals surface area contributed by atoms with Gasteiger partial charge in [0.15, 0.2) is 5.96 Å². The van der Waals surface area contributed by atoms with Gasteiger partial charge in [0, 0.05) is 44.4 Å². The Balaban J connectivity index is 0.00000243. The molecule has 1 aromatic heterocycles. The van der Waals surface area contributed by atoms with Gasteiger partial charge in [0.1, 0.15) is 5.76 Å². The molecule has 1 saturated heterocycles. The van der Waals surface area contributed by atoms with Crippen LogP contribution in [0.15, 0.2) is 40.0 Å². The average Bonchev–Trinajstić information content (AvgIpc) is 3.15. The van der Waals surface area contributed by atoms with Crippen LogP contribution in [0, 0.1) is 5.92 Å². The first-order chi connectivity index (χ1) is 12.1. The van der Waals surface area contributed by atoms with Gasteiger partial charge in [-0.25, -0.2) is 4.99 Å². The highest BCUT2D eigenvalue weighted by Crippen LogP contribution is 2.32. The zero-order valence-electron chi connectivity index (χ0n) is 15.4. The number of likely N-dealkylation sites (tertiary alicyclic amines) is 1. The number of nitrogens with zero attached hydrogens (tertiary/aromatic N) is 2. The van der Waals surface area contributed by atoms with Gasteiger partial charge in [0.25, 0.3) is 0 Å². The van der Waals surface area contributed by atoms with Gasteiger partial charge in [-0.05, 0) is 31.9 Å². The highest BCUT2D eigenvalue weighted by Gasteiger charge is 2.39. The molecule has 3 rings (SSSR count). The third kappa shape index (κ3) is 6.34. The molecule has 2 N–H and O–H groups in total. The summed E-state index contributed by atoms with van der Waals surface area (Å²) in [6, 6.07) is 4.38. The van der Waals surface area contributed by atoms with Crippen LogP contribution in [-0.2, 0) is 11.2 Å². The monoisotopic (exact) mass is 472 g/mol. The topological polar surface area (TPSA) is 69.9 Å². The van der Waals surface area contributed by atoms with Gasteiger partial charge in [0.2, 0.25) is 5.91 Å². The van der Waals surface area contributed by atoms with Crippen molar-refractivity contribution in [2.24, 2.45) is 10.9 Å². The van der Waals surface area contributed by atoms with E-state index in [0.29, 0.717) is 30.8 Å². The van der Waals surface area contributed by atoms with Crippen molar-refractivity contribution in [2.75, 3.05) is 26.2 Å². The molecule has 2 aliphatic rings. The zero-order chi connectivity index (χ0) is 17.6. The summed E-state index contributed by atoms with van der Waals surface area (Å²) in [4.78, 5) is 18.7. The van der Waals surface area contributed by atoms with Crippen LogP contribution < -0.4 is 10.6 Å². The number of rotatable bonds is 8. The highest BCUT2D eigenvalue weighted by molar-refractivity contribution is 14.0. The molecule has 26 heavy (non-hydrogen) atoms. The first-order valence-corrected chi connectivity index (χ1v) is 9.10. The standard InChI is InChI=1S/C19H28N4O2.HI/c1-14(2)11-21-19(20-8-7-17-4-3-9-25-17)22-12-15-10-18(24)23(13-15)16-5-6-16;/h3-4,9,15-16H,1,5-8,10-13H2,2H3,(H2,20,21,22);1H. The summed E-state index contributed by atoms with van der Waals surface area (Å²) in [6.07, 6.45) is 5.48. The minimum atomic E-state index is 0. The number of furan rings is 1. The number of amides is 1. The summed E-state index contributed by atoms with van der Waals surface area (Å²) < 4.78 is 5.35. The smallest absolute Gasteiger partial charge is 0.223 e. The minimum absolute atomic E-state index is 0. The first-order valence-electron chi connectivity index (χ1n) is 9.10. The summed E-state index contributed by atoms with van der Waals surface area (Å²) in [7, 11) is 0. The number of carbonyl (C=O) groups is 1. The van der Waals surface area contributed by atoms with E-state index in [1.807, 2.05) is 19.1 Å². The molecule has 2 heterocycles. The SMILES string of the molecule is C=C(C)CN=C(NCCc1ccco1)NCC1CC(=O)N(C2CC2)C1.I. The normalized spacial score (nSPS) is 20.0. The molecule has 2 fully saturated rings. The Hall–Kier alpha value is -1.51. The molecule has 1 aliphatic heterocycles. The van der Waals surface area contributed by atoms with Gasteiger partial charge in [-0.1, -0.05) is 12.2 Å². The molecule has 0 bridgehead atoms. The van der Waals surface area contributed by atoms with Crippen molar-refractivity contribution in [1.29, 1.82) is 0 Å². The second kappa shape index (κ2) is 9.99. The number of hydrogen-bond donors (Lipinski definition) is 2. The summed E-state index contributed by atoms with van der Waals surface area (Å²) in [6.45, 7) is 8.84. The van der Waals surface area contributed by atoms with Gasteiger partial charge in [-0.2, -0.15) is 0 Å². The van der Waals surface area contributed by atoms with Gasteiger partial charge in [-0.3, -0.25) is 4.79 Å². The van der Waals surface area contributed by atoms with Crippen molar-refractivity contribution >= 4 is 35.8 Å². The van der Waals surface area contributed by atoms with Crippen molar-refractivity contribution in [3.05, 3.63) is 36.3 Å².